The van der Waals surface area contributed by atoms with Crippen LogP contribution in [0.15, 0.2) is 36.5 Å². The molecule has 1 aromatic heterocycles. The Morgan fingerprint density at radius 1 is 1.28 bits per heavy atom. The number of ether oxygens (including phenoxy) is 1. The number of hydrogen-bond acceptors (Lipinski definition) is 3. The molecule has 1 heterocycles. The maximum absolute atomic E-state index is 5.88. The number of pyridine rings is 1. The highest BCUT2D eigenvalue weighted by molar-refractivity contribution is 5.84. The van der Waals surface area contributed by atoms with Gasteiger partial charge >= 0.3 is 0 Å². The van der Waals surface area contributed by atoms with Gasteiger partial charge in [-0.15, -0.1) is 0 Å². The average Bonchev–Trinajstić information content (AvgIpc) is 2.42. The first-order valence-electron chi connectivity index (χ1n) is 6.48. The van der Waals surface area contributed by atoms with Crippen LogP contribution < -0.4 is 10.1 Å². The zero-order valence-electron chi connectivity index (χ0n) is 11.0. The van der Waals surface area contributed by atoms with E-state index in [1.54, 1.807) is 6.20 Å². The lowest BCUT2D eigenvalue weighted by molar-refractivity contribution is 0.259. The van der Waals surface area contributed by atoms with Gasteiger partial charge in [-0.3, -0.25) is 4.98 Å². The predicted octanol–water partition coefficient (Wildman–Crippen LogP) is 2.86. The number of nitrogens with zero attached hydrogens (tertiary/aromatic N) is 1. The molecule has 0 saturated carbocycles. The van der Waals surface area contributed by atoms with Crippen LogP contribution in [0.5, 0.6) is 5.75 Å². The number of aromatic nitrogens is 1. The summed E-state index contributed by atoms with van der Waals surface area (Å²) in [6.45, 7) is 6.99. The highest BCUT2D eigenvalue weighted by Gasteiger charge is 2.06. The van der Waals surface area contributed by atoms with E-state index in [2.05, 4.69) is 36.3 Å². The molecule has 2 aromatic rings. The van der Waals surface area contributed by atoms with Crippen molar-refractivity contribution in [3.05, 3.63) is 36.5 Å². The molecule has 1 atom stereocenters. The highest BCUT2D eigenvalue weighted by atomic mass is 16.5. The molecule has 0 fully saturated rings. The van der Waals surface area contributed by atoms with E-state index >= 15 is 0 Å². The largest absolute Gasteiger partial charge is 0.491 e. The van der Waals surface area contributed by atoms with Crippen LogP contribution in [0.25, 0.3) is 10.9 Å². The number of fused-ring (bicyclic) bond motifs is 1. The maximum atomic E-state index is 5.88. The fraction of sp³-hybridized carbons (Fsp3) is 0.400. The first kappa shape index (κ1) is 12.8. The molecule has 0 radical (unpaired) electrons. The molecule has 0 bridgehead atoms. The standard InChI is InChI=1S/C15H20N2O/c1-3-16-10-12(2)11-18-14-8-4-6-13-7-5-9-17-15(13)14/h4-9,12,16H,3,10-11H2,1-2H3. The first-order valence-corrected chi connectivity index (χ1v) is 6.48. The second-order valence-electron chi connectivity index (χ2n) is 4.56. The van der Waals surface area contributed by atoms with Gasteiger partial charge in [-0.05, 0) is 18.7 Å². The van der Waals surface area contributed by atoms with Crippen LogP contribution in [-0.2, 0) is 0 Å². The minimum Gasteiger partial charge on any atom is -0.491 e. The van der Waals surface area contributed by atoms with Crippen LogP contribution in [0.4, 0.5) is 0 Å². The van der Waals surface area contributed by atoms with Crippen LogP contribution in [0.3, 0.4) is 0 Å². The summed E-state index contributed by atoms with van der Waals surface area (Å²) in [6, 6.07) is 10.0. The second kappa shape index (κ2) is 6.36. The van der Waals surface area contributed by atoms with E-state index in [0.717, 1.165) is 29.7 Å². The fourth-order valence-corrected chi connectivity index (χ4v) is 1.87. The number of rotatable bonds is 6. The van der Waals surface area contributed by atoms with Gasteiger partial charge in [0.25, 0.3) is 0 Å². The molecule has 3 heteroatoms. The Morgan fingerprint density at radius 3 is 2.94 bits per heavy atom. The van der Waals surface area contributed by atoms with Crippen LogP contribution in [0, 0.1) is 5.92 Å². The van der Waals surface area contributed by atoms with Crippen LogP contribution in [0.2, 0.25) is 0 Å². The van der Waals surface area contributed by atoms with Crippen LogP contribution >= 0.6 is 0 Å². The minimum atomic E-state index is 0.490. The third kappa shape index (κ3) is 3.20. The van der Waals surface area contributed by atoms with E-state index in [4.69, 9.17) is 4.74 Å². The highest BCUT2D eigenvalue weighted by Crippen LogP contribution is 2.23. The van der Waals surface area contributed by atoms with E-state index in [0.29, 0.717) is 12.5 Å². The normalized spacial score (nSPS) is 12.6. The summed E-state index contributed by atoms with van der Waals surface area (Å²) in [4.78, 5) is 4.38. The van der Waals surface area contributed by atoms with Crippen molar-refractivity contribution in [2.75, 3.05) is 19.7 Å². The Hall–Kier alpha value is -1.61. The van der Waals surface area contributed by atoms with Crippen molar-refractivity contribution in [2.24, 2.45) is 5.92 Å². The number of hydrogen-bond donors (Lipinski definition) is 1. The molecule has 1 N–H and O–H groups in total. The molecule has 2 rings (SSSR count). The summed E-state index contributed by atoms with van der Waals surface area (Å²) in [5, 5.41) is 4.45. The van der Waals surface area contributed by atoms with Gasteiger partial charge in [-0.2, -0.15) is 0 Å². The summed E-state index contributed by atoms with van der Waals surface area (Å²) in [5.41, 5.74) is 0.940. The molecule has 1 unspecified atom stereocenters. The van der Waals surface area contributed by atoms with Crippen molar-refractivity contribution in [3.63, 3.8) is 0 Å². The van der Waals surface area contributed by atoms with Crippen molar-refractivity contribution in [3.8, 4) is 5.75 Å². The SMILES string of the molecule is CCNCC(C)COc1cccc2cccnc12. The summed E-state index contributed by atoms with van der Waals surface area (Å²) in [6.07, 6.45) is 1.80. The molecule has 0 aliphatic rings. The number of nitrogens with one attached hydrogen (secondary N) is 1. The Kier molecular flexibility index (Phi) is 4.53. The molecular weight excluding hydrogens is 224 g/mol. The van der Waals surface area contributed by atoms with Gasteiger partial charge in [-0.1, -0.05) is 32.0 Å². The molecule has 96 valence electrons. The number of benzene rings is 1. The van der Waals surface area contributed by atoms with Gasteiger partial charge < -0.3 is 10.1 Å². The lowest BCUT2D eigenvalue weighted by atomic mass is 10.2. The third-order valence-electron chi connectivity index (χ3n) is 2.86. The van der Waals surface area contributed by atoms with E-state index in [-0.39, 0.29) is 0 Å². The Balaban J connectivity index is 2.03. The molecular formula is C15H20N2O. The van der Waals surface area contributed by atoms with Gasteiger partial charge in [0.1, 0.15) is 11.3 Å². The molecule has 0 amide bonds. The van der Waals surface area contributed by atoms with Crippen molar-refractivity contribution >= 4 is 10.9 Å². The van der Waals surface area contributed by atoms with Crippen molar-refractivity contribution in [2.45, 2.75) is 13.8 Å². The molecule has 3 nitrogen and oxygen atoms in total. The summed E-state index contributed by atoms with van der Waals surface area (Å²) >= 11 is 0. The Bertz CT molecular complexity index is 493. The van der Waals surface area contributed by atoms with Gasteiger partial charge in [0, 0.05) is 24.0 Å². The lowest BCUT2D eigenvalue weighted by Gasteiger charge is -2.14. The fourth-order valence-electron chi connectivity index (χ4n) is 1.87. The molecule has 0 aliphatic carbocycles. The average molecular weight is 244 g/mol. The summed E-state index contributed by atoms with van der Waals surface area (Å²) in [7, 11) is 0. The quantitative estimate of drug-likeness (QED) is 0.848. The lowest BCUT2D eigenvalue weighted by Crippen LogP contribution is -2.24. The third-order valence-corrected chi connectivity index (χ3v) is 2.86. The van der Waals surface area contributed by atoms with E-state index < -0.39 is 0 Å². The summed E-state index contributed by atoms with van der Waals surface area (Å²) < 4.78 is 5.88. The van der Waals surface area contributed by atoms with Gasteiger partial charge in [-0.25, -0.2) is 0 Å². The van der Waals surface area contributed by atoms with E-state index in [1.807, 2.05) is 18.2 Å². The Morgan fingerprint density at radius 2 is 2.11 bits per heavy atom. The van der Waals surface area contributed by atoms with E-state index in [9.17, 15) is 0 Å². The molecule has 0 spiro atoms. The topological polar surface area (TPSA) is 34.1 Å². The van der Waals surface area contributed by atoms with Crippen molar-refractivity contribution in [1.82, 2.24) is 10.3 Å². The Labute approximate surface area is 108 Å². The predicted molar refractivity (Wildman–Crippen MR) is 74.9 cm³/mol. The first-order chi connectivity index (χ1) is 8.81. The summed E-state index contributed by atoms with van der Waals surface area (Å²) in [5.74, 6) is 1.36. The van der Waals surface area contributed by atoms with E-state index in [1.165, 1.54) is 0 Å². The molecule has 0 aliphatic heterocycles. The van der Waals surface area contributed by atoms with Crippen LogP contribution in [-0.4, -0.2) is 24.7 Å². The van der Waals surface area contributed by atoms with Crippen LogP contribution in [0.1, 0.15) is 13.8 Å². The van der Waals surface area contributed by atoms with Crippen molar-refractivity contribution in [1.29, 1.82) is 0 Å². The zero-order valence-corrected chi connectivity index (χ0v) is 11.0. The number of para-hydroxylation sites is 1. The molecule has 18 heavy (non-hydrogen) atoms. The van der Waals surface area contributed by atoms with Gasteiger partial charge in [0.05, 0.1) is 6.61 Å². The van der Waals surface area contributed by atoms with Gasteiger partial charge in [0.15, 0.2) is 0 Å². The minimum absolute atomic E-state index is 0.490. The molecule has 0 saturated heterocycles. The monoisotopic (exact) mass is 244 g/mol. The second-order valence-corrected chi connectivity index (χ2v) is 4.56. The zero-order chi connectivity index (χ0) is 12.8. The molecule has 1 aromatic carbocycles. The maximum Gasteiger partial charge on any atom is 0.145 e. The smallest absolute Gasteiger partial charge is 0.145 e. The van der Waals surface area contributed by atoms with Gasteiger partial charge in [0.2, 0.25) is 0 Å². The van der Waals surface area contributed by atoms with Crippen molar-refractivity contribution < 1.29 is 4.74 Å².